The summed E-state index contributed by atoms with van der Waals surface area (Å²) in [5.74, 6) is -0.722. The lowest BCUT2D eigenvalue weighted by atomic mass is 10.0. The van der Waals surface area contributed by atoms with E-state index in [0.29, 0.717) is 13.0 Å². The topological polar surface area (TPSA) is 63.7 Å². The molecule has 1 unspecified atom stereocenters. The molecule has 1 rings (SSSR count). The van der Waals surface area contributed by atoms with Crippen molar-refractivity contribution in [3.05, 3.63) is 0 Å². The van der Waals surface area contributed by atoms with Gasteiger partial charge in [-0.05, 0) is 27.2 Å². The van der Waals surface area contributed by atoms with E-state index in [2.05, 4.69) is 15.9 Å². The summed E-state index contributed by atoms with van der Waals surface area (Å²) in [6.45, 7) is 5.57. The predicted molar refractivity (Wildman–Crippen MR) is 69.5 cm³/mol. The number of hydrogen-bond acceptors (Lipinski definition) is 4. The van der Waals surface area contributed by atoms with Gasteiger partial charge in [0.25, 0.3) is 0 Å². The third kappa shape index (κ3) is 4.08. The van der Waals surface area contributed by atoms with Crippen molar-refractivity contribution >= 4 is 33.7 Å². The first-order chi connectivity index (χ1) is 8.24. The maximum Gasteiger partial charge on any atom is 0.417 e. The fraction of sp³-hybridized carbons (Fsp3) is 0.750. The van der Waals surface area contributed by atoms with E-state index in [9.17, 15) is 14.4 Å². The maximum atomic E-state index is 11.9. The number of carbonyl (C=O) groups excluding carboxylic acids is 3. The van der Waals surface area contributed by atoms with E-state index in [1.54, 1.807) is 20.8 Å². The first kappa shape index (κ1) is 15.1. The molecule has 0 aliphatic carbocycles. The lowest BCUT2D eigenvalue weighted by Gasteiger charge is -2.23. The molecule has 1 atom stereocenters. The average Bonchev–Trinajstić information content (AvgIpc) is 2.58. The third-order valence-corrected chi connectivity index (χ3v) is 3.18. The van der Waals surface area contributed by atoms with Crippen LogP contribution in [-0.2, 0) is 14.3 Å². The Balaban J connectivity index is 2.59. The van der Waals surface area contributed by atoms with E-state index in [0.717, 1.165) is 4.90 Å². The largest absolute Gasteiger partial charge is 0.443 e. The van der Waals surface area contributed by atoms with Gasteiger partial charge in [-0.25, -0.2) is 9.69 Å². The Kier molecular flexibility index (Phi) is 4.90. The monoisotopic (exact) mass is 319 g/mol. The van der Waals surface area contributed by atoms with Crippen molar-refractivity contribution < 1.29 is 19.1 Å². The van der Waals surface area contributed by atoms with Crippen LogP contribution in [0.15, 0.2) is 0 Å². The molecule has 6 heteroatoms. The van der Waals surface area contributed by atoms with Gasteiger partial charge in [0, 0.05) is 18.9 Å². The molecule has 1 fully saturated rings. The fourth-order valence-corrected chi connectivity index (χ4v) is 1.98. The highest BCUT2D eigenvalue weighted by Crippen LogP contribution is 2.23. The number of nitrogens with zero attached hydrogens (tertiary/aromatic N) is 1. The standard InChI is InChI=1S/C12H18BrNO4/c1-12(2,3)18-11(17)14-5-4-8(10(14)16)6-9(15)7-13/h8H,4-7H2,1-3H3. The van der Waals surface area contributed by atoms with Gasteiger partial charge in [-0.15, -0.1) is 0 Å². The number of halogens is 1. The molecule has 102 valence electrons. The number of hydrogen-bond donors (Lipinski definition) is 0. The molecule has 0 aromatic rings. The molecular formula is C12H18BrNO4. The van der Waals surface area contributed by atoms with E-state index in [1.807, 2.05) is 0 Å². The minimum absolute atomic E-state index is 0.0283. The zero-order chi connectivity index (χ0) is 13.9. The smallest absolute Gasteiger partial charge is 0.417 e. The van der Waals surface area contributed by atoms with Gasteiger partial charge in [0.1, 0.15) is 11.4 Å². The van der Waals surface area contributed by atoms with E-state index in [1.165, 1.54) is 0 Å². The van der Waals surface area contributed by atoms with Gasteiger partial charge in [-0.2, -0.15) is 0 Å². The van der Waals surface area contributed by atoms with Gasteiger partial charge in [0.15, 0.2) is 0 Å². The van der Waals surface area contributed by atoms with Crippen molar-refractivity contribution in [1.29, 1.82) is 0 Å². The average molecular weight is 320 g/mol. The number of imide groups is 1. The number of amides is 2. The summed E-state index contributed by atoms with van der Waals surface area (Å²) in [7, 11) is 0. The number of ether oxygens (including phenoxy) is 1. The van der Waals surface area contributed by atoms with Crippen molar-refractivity contribution in [3.8, 4) is 0 Å². The van der Waals surface area contributed by atoms with Crippen molar-refractivity contribution in [2.45, 2.75) is 39.2 Å². The van der Waals surface area contributed by atoms with Gasteiger partial charge < -0.3 is 4.74 Å². The summed E-state index contributed by atoms with van der Waals surface area (Å²) < 4.78 is 5.14. The zero-order valence-electron chi connectivity index (χ0n) is 10.9. The molecule has 0 saturated carbocycles. The second-order valence-electron chi connectivity index (χ2n) is 5.33. The second kappa shape index (κ2) is 5.82. The number of carbonyl (C=O) groups is 3. The molecule has 5 nitrogen and oxygen atoms in total. The van der Waals surface area contributed by atoms with Crippen LogP contribution in [-0.4, -0.2) is 40.2 Å². The highest BCUT2D eigenvalue weighted by molar-refractivity contribution is 9.09. The Morgan fingerprint density at radius 2 is 2.06 bits per heavy atom. The molecule has 0 aromatic carbocycles. The SMILES string of the molecule is CC(C)(C)OC(=O)N1CCC(CC(=O)CBr)C1=O. The molecule has 1 heterocycles. The van der Waals surface area contributed by atoms with Crippen LogP contribution < -0.4 is 0 Å². The van der Waals surface area contributed by atoms with Gasteiger partial charge in [-0.3, -0.25) is 9.59 Å². The minimum Gasteiger partial charge on any atom is -0.443 e. The first-order valence-corrected chi connectivity index (χ1v) is 6.99. The molecule has 18 heavy (non-hydrogen) atoms. The molecule has 0 radical (unpaired) electrons. The molecular weight excluding hydrogens is 302 g/mol. The second-order valence-corrected chi connectivity index (χ2v) is 5.89. The Morgan fingerprint density at radius 3 is 2.56 bits per heavy atom. The van der Waals surface area contributed by atoms with Crippen LogP contribution in [0.3, 0.4) is 0 Å². The van der Waals surface area contributed by atoms with Crippen LogP contribution >= 0.6 is 15.9 Å². The number of likely N-dealkylation sites (tertiary alicyclic amines) is 1. The Hall–Kier alpha value is -0.910. The van der Waals surface area contributed by atoms with Crippen molar-refractivity contribution in [1.82, 2.24) is 4.90 Å². The molecule has 0 spiro atoms. The molecule has 0 bridgehead atoms. The summed E-state index contributed by atoms with van der Waals surface area (Å²) in [6, 6.07) is 0. The molecule has 2 amide bonds. The van der Waals surface area contributed by atoms with E-state index >= 15 is 0 Å². The van der Waals surface area contributed by atoms with E-state index in [-0.39, 0.29) is 29.4 Å². The van der Waals surface area contributed by atoms with Crippen molar-refractivity contribution in [2.75, 3.05) is 11.9 Å². The van der Waals surface area contributed by atoms with Gasteiger partial charge in [0.2, 0.25) is 5.91 Å². The lowest BCUT2D eigenvalue weighted by molar-refractivity contribution is -0.132. The summed E-state index contributed by atoms with van der Waals surface area (Å²) in [5.41, 5.74) is -0.624. The van der Waals surface area contributed by atoms with Crippen LogP contribution in [0.25, 0.3) is 0 Å². The summed E-state index contributed by atoms with van der Waals surface area (Å²) >= 11 is 3.06. The van der Waals surface area contributed by atoms with E-state index in [4.69, 9.17) is 4.74 Å². The number of ketones is 1. The van der Waals surface area contributed by atoms with Crippen molar-refractivity contribution in [2.24, 2.45) is 5.92 Å². The predicted octanol–water partition coefficient (Wildman–Crippen LogP) is 2.12. The van der Waals surface area contributed by atoms with Crippen molar-refractivity contribution in [3.63, 3.8) is 0 Å². The minimum atomic E-state index is -0.624. The Labute approximate surface area is 115 Å². The highest BCUT2D eigenvalue weighted by atomic mass is 79.9. The molecule has 1 aliphatic heterocycles. The fourth-order valence-electron chi connectivity index (χ4n) is 1.76. The number of rotatable bonds is 3. The third-order valence-electron chi connectivity index (χ3n) is 2.55. The summed E-state index contributed by atoms with van der Waals surface area (Å²) in [6.07, 6.45) is 0.0847. The maximum absolute atomic E-state index is 11.9. The highest BCUT2D eigenvalue weighted by Gasteiger charge is 2.38. The molecule has 1 saturated heterocycles. The Morgan fingerprint density at radius 1 is 1.44 bits per heavy atom. The summed E-state index contributed by atoms with van der Waals surface area (Å²) in [4.78, 5) is 36.1. The van der Waals surface area contributed by atoms with Gasteiger partial charge in [-0.1, -0.05) is 15.9 Å². The van der Waals surface area contributed by atoms with Crippen LogP contribution in [0.5, 0.6) is 0 Å². The van der Waals surface area contributed by atoms with Gasteiger partial charge in [0.05, 0.1) is 5.33 Å². The number of alkyl halides is 1. The molecule has 0 aromatic heterocycles. The zero-order valence-corrected chi connectivity index (χ0v) is 12.4. The molecule has 1 aliphatic rings. The number of Topliss-reactive ketones (excluding diaryl/α,β-unsaturated/α-hetero) is 1. The van der Waals surface area contributed by atoms with Crippen LogP contribution in [0.4, 0.5) is 4.79 Å². The Bertz CT molecular complexity index is 362. The van der Waals surface area contributed by atoms with Crippen LogP contribution in [0.1, 0.15) is 33.6 Å². The normalized spacial score (nSPS) is 20.1. The quantitative estimate of drug-likeness (QED) is 0.747. The molecule has 0 N–H and O–H groups in total. The van der Waals surface area contributed by atoms with E-state index < -0.39 is 11.7 Å². The van der Waals surface area contributed by atoms with Crippen LogP contribution in [0, 0.1) is 5.92 Å². The summed E-state index contributed by atoms with van der Waals surface area (Å²) in [5, 5.41) is 0.239. The first-order valence-electron chi connectivity index (χ1n) is 5.86. The van der Waals surface area contributed by atoms with Crippen LogP contribution in [0.2, 0.25) is 0 Å². The lowest BCUT2D eigenvalue weighted by Crippen LogP contribution is -2.38. The van der Waals surface area contributed by atoms with Gasteiger partial charge >= 0.3 is 6.09 Å².